The predicted molar refractivity (Wildman–Crippen MR) is 73.1 cm³/mol. The molecule has 0 bridgehead atoms. The summed E-state index contributed by atoms with van der Waals surface area (Å²) < 4.78 is 5.24. The first-order chi connectivity index (χ1) is 9.79. The lowest BCUT2D eigenvalue weighted by molar-refractivity contribution is 0.0667. The Balaban J connectivity index is 1.82. The largest absolute Gasteiger partial charge is 0.394 e. The van der Waals surface area contributed by atoms with Crippen LogP contribution in [0.5, 0.6) is 0 Å². The summed E-state index contributed by atoms with van der Waals surface area (Å²) in [5.41, 5.74) is 1.18. The first kappa shape index (κ1) is 12.9. The van der Waals surface area contributed by atoms with Crippen LogP contribution in [0.3, 0.4) is 0 Å². The van der Waals surface area contributed by atoms with Gasteiger partial charge in [0.25, 0.3) is 5.91 Å². The summed E-state index contributed by atoms with van der Waals surface area (Å²) >= 11 is 0. The van der Waals surface area contributed by atoms with E-state index in [1.165, 1.54) is 0 Å². The second-order valence-electron chi connectivity index (χ2n) is 4.92. The van der Waals surface area contributed by atoms with E-state index in [1.807, 2.05) is 30.3 Å². The zero-order valence-corrected chi connectivity index (χ0v) is 11.0. The van der Waals surface area contributed by atoms with E-state index in [9.17, 15) is 9.90 Å². The Labute approximate surface area is 116 Å². The van der Waals surface area contributed by atoms with Crippen LogP contribution in [0.25, 0.3) is 11.3 Å². The smallest absolute Gasteiger partial charge is 0.276 e. The van der Waals surface area contributed by atoms with Gasteiger partial charge in [0.2, 0.25) is 0 Å². The average Bonchev–Trinajstić information content (AvgIpc) is 3.16. The molecule has 2 heterocycles. The first-order valence-electron chi connectivity index (χ1n) is 6.73. The molecule has 1 fully saturated rings. The normalized spacial score (nSPS) is 18.4. The third kappa shape index (κ3) is 2.32. The summed E-state index contributed by atoms with van der Waals surface area (Å²) in [6.45, 7) is 0.659. The van der Waals surface area contributed by atoms with Crippen LogP contribution in [0.2, 0.25) is 0 Å². The van der Waals surface area contributed by atoms with Crippen LogP contribution < -0.4 is 0 Å². The standard InChI is InChI=1S/C15H16N2O3/c18-10-12-7-4-8-17(12)15(19)13-9-14(20-16-13)11-5-2-1-3-6-11/h1-3,5-6,9,12,18H,4,7-8,10H2/t12-/m0/s1. The number of aromatic nitrogens is 1. The van der Waals surface area contributed by atoms with Crippen molar-refractivity contribution in [3.05, 3.63) is 42.1 Å². The van der Waals surface area contributed by atoms with Crippen LogP contribution in [0.15, 0.2) is 40.9 Å². The molecule has 1 aromatic heterocycles. The highest BCUT2D eigenvalue weighted by molar-refractivity contribution is 5.93. The van der Waals surface area contributed by atoms with Crippen LogP contribution in [0, 0.1) is 0 Å². The van der Waals surface area contributed by atoms with Gasteiger partial charge >= 0.3 is 0 Å². The molecular weight excluding hydrogens is 256 g/mol. The van der Waals surface area contributed by atoms with Gasteiger partial charge in [-0.2, -0.15) is 0 Å². The molecule has 0 saturated carbocycles. The van der Waals surface area contributed by atoms with Gasteiger partial charge in [0.1, 0.15) is 0 Å². The van der Waals surface area contributed by atoms with Crippen LogP contribution in [-0.2, 0) is 0 Å². The summed E-state index contributed by atoms with van der Waals surface area (Å²) in [4.78, 5) is 14.0. The van der Waals surface area contributed by atoms with Crippen molar-refractivity contribution in [2.75, 3.05) is 13.2 Å². The predicted octanol–water partition coefficient (Wildman–Crippen LogP) is 1.94. The SMILES string of the molecule is O=C(c1cc(-c2ccccc2)on1)N1CCC[C@H]1CO. The van der Waals surface area contributed by atoms with Crippen LogP contribution in [-0.4, -0.2) is 40.3 Å². The molecule has 5 heteroatoms. The Morgan fingerprint density at radius 3 is 2.95 bits per heavy atom. The molecule has 1 aliphatic heterocycles. The molecule has 3 rings (SSSR count). The lowest BCUT2D eigenvalue weighted by Gasteiger charge is -2.21. The second kappa shape index (κ2) is 5.46. The quantitative estimate of drug-likeness (QED) is 0.927. The Hall–Kier alpha value is -2.14. The molecule has 1 amide bonds. The maximum Gasteiger partial charge on any atom is 0.276 e. The van der Waals surface area contributed by atoms with Crippen molar-refractivity contribution < 1.29 is 14.4 Å². The number of nitrogens with zero attached hydrogens (tertiary/aromatic N) is 2. The topological polar surface area (TPSA) is 66.6 Å². The number of hydrogen-bond donors (Lipinski definition) is 1. The first-order valence-corrected chi connectivity index (χ1v) is 6.73. The molecule has 1 atom stereocenters. The monoisotopic (exact) mass is 272 g/mol. The highest BCUT2D eigenvalue weighted by atomic mass is 16.5. The number of amides is 1. The average molecular weight is 272 g/mol. The van der Waals surface area contributed by atoms with Gasteiger partial charge in [-0.1, -0.05) is 35.5 Å². The highest BCUT2D eigenvalue weighted by Gasteiger charge is 2.30. The van der Waals surface area contributed by atoms with E-state index in [1.54, 1.807) is 11.0 Å². The summed E-state index contributed by atoms with van der Waals surface area (Å²) in [6, 6.07) is 11.1. The molecular formula is C15H16N2O3. The van der Waals surface area contributed by atoms with E-state index in [-0.39, 0.29) is 18.6 Å². The number of rotatable bonds is 3. The zero-order chi connectivity index (χ0) is 13.9. The molecule has 1 aliphatic rings. The molecule has 0 radical (unpaired) electrons. The minimum atomic E-state index is -0.174. The van der Waals surface area contributed by atoms with E-state index in [0.717, 1.165) is 18.4 Å². The number of aliphatic hydroxyl groups is 1. The number of benzene rings is 1. The van der Waals surface area contributed by atoms with Crippen LogP contribution in [0.4, 0.5) is 0 Å². The van der Waals surface area contributed by atoms with E-state index < -0.39 is 0 Å². The lowest BCUT2D eigenvalue weighted by atomic mass is 10.1. The molecule has 1 saturated heterocycles. The Morgan fingerprint density at radius 1 is 1.40 bits per heavy atom. The molecule has 1 aromatic carbocycles. The summed E-state index contributed by atoms with van der Waals surface area (Å²) in [5.74, 6) is 0.404. The molecule has 20 heavy (non-hydrogen) atoms. The van der Waals surface area contributed by atoms with Crippen molar-refractivity contribution in [2.45, 2.75) is 18.9 Å². The molecule has 1 N–H and O–H groups in total. The third-order valence-corrected chi connectivity index (χ3v) is 3.64. The van der Waals surface area contributed by atoms with E-state index in [2.05, 4.69) is 5.16 Å². The molecule has 0 unspecified atom stereocenters. The van der Waals surface area contributed by atoms with Crippen molar-refractivity contribution >= 4 is 5.91 Å². The van der Waals surface area contributed by atoms with Gasteiger partial charge in [-0.3, -0.25) is 4.79 Å². The van der Waals surface area contributed by atoms with Crippen molar-refractivity contribution in [3.8, 4) is 11.3 Å². The van der Waals surface area contributed by atoms with Gasteiger partial charge in [-0.15, -0.1) is 0 Å². The van der Waals surface area contributed by atoms with Gasteiger partial charge in [-0.05, 0) is 12.8 Å². The van der Waals surface area contributed by atoms with Gasteiger partial charge in [0.15, 0.2) is 11.5 Å². The number of likely N-dealkylation sites (tertiary alicyclic amines) is 1. The molecule has 0 spiro atoms. The minimum absolute atomic E-state index is 0.00483. The van der Waals surface area contributed by atoms with Gasteiger partial charge < -0.3 is 14.5 Å². The fourth-order valence-corrected chi connectivity index (χ4v) is 2.55. The van der Waals surface area contributed by atoms with Crippen molar-refractivity contribution in [1.82, 2.24) is 10.1 Å². The minimum Gasteiger partial charge on any atom is -0.394 e. The summed E-state index contributed by atoms with van der Waals surface area (Å²) in [7, 11) is 0. The summed E-state index contributed by atoms with van der Waals surface area (Å²) in [5, 5.41) is 13.1. The Bertz CT molecular complexity index is 594. The molecule has 2 aromatic rings. The molecule has 5 nitrogen and oxygen atoms in total. The fraction of sp³-hybridized carbons (Fsp3) is 0.333. The van der Waals surface area contributed by atoms with Crippen molar-refractivity contribution in [2.24, 2.45) is 0 Å². The maximum absolute atomic E-state index is 12.4. The number of aliphatic hydroxyl groups excluding tert-OH is 1. The van der Waals surface area contributed by atoms with Gasteiger partial charge in [0.05, 0.1) is 12.6 Å². The van der Waals surface area contributed by atoms with E-state index in [4.69, 9.17) is 4.52 Å². The van der Waals surface area contributed by atoms with Gasteiger partial charge in [-0.25, -0.2) is 0 Å². The zero-order valence-electron chi connectivity index (χ0n) is 11.0. The van der Waals surface area contributed by atoms with Crippen molar-refractivity contribution in [3.63, 3.8) is 0 Å². The van der Waals surface area contributed by atoms with E-state index in [0.29, 0.717) is 18.0 Å². The van der Waals surface area contributed by atoms with Gasteiger partial charge in [0, 0.05) is 18.2 Å². The van der Waals surface area contributed by atoms with Crippen molar-refractivity contribution in [1.29, 1.82) is 0 Å². The molecule has 0 aliphatic carbocycles. The highest BCUT2D eigenvalue weighted by Crippen LogP contribution is 2.23. The third-order valence-electron chi connectivity index (χ3n) is 3.64. The Morgan fingerprint density at radius 2 is 2.20 bits per heavy atom. The number of carbonyl (C=O) groups is 1. The Kier molecular flexibility index (Phi) is 3.52. The maximum atomic E-state index is 12.4. The summed E-state index contributed by atoms with van der Waals surface area (Å²) in [6.07, 6.45) is 1.76. The lowest BCUT2D eigenvalue weighted by Crippen LogP contribution is -2.37. The number of carbonyl (C=O) groups excluding carboxylic acids is 1. The van der Waals surface area contributed by atoms with Crippen LogP contribution in [0.1, 0.15) is 23.3 Å². The van der Waals surface area contributed by atoms with Crippen LogP contribution >= 0.6 is 0 Å². The van der Waals surface area contributed by atoms with E-state index >= 15 is 0 Å². The second-order valence-corrected chi connectivity index (χ2v) is 4.92. The number of hydrogen-bond acceptors (Lipinski definition) is 4. The fourth-order valence-electron chi connectivity index (χ4n) is 2.55. The molecule has 104 valence electrons.